The second-order valence-corrected chi connectivity index (χ2v) is 14.9. The molecule has 1 saturated carbocycles. The summed E-state index contributed by atoms with van der Waals surface area (Å²) in [5, 5.41) is 14.3. The molecule has 2 aromatic heterocycles. The minimum atomic E-state index is -0.360. The fourth-order valence-electron chi connectivity index (χ4n) is 6.67. The number of likely N-dealkylation sites (N-methyl/N-ethyl adjacent to an activating group) is 2. The third-order valence-corrected chi connectivity index (χ3v) is 11.3. The molecule has 7 rings (SSSR count). The van der Waals surface area contributed by atoms with Gasteiger partial charge in [0.25, 0.3) is 0 Å². The molecule has 0 saturated heterocycles. The Kier molecular flexibility index (Phi) is 13.0. The number of ketones is 1. The molecular weight excluding hydrogens is 682 g/mol. The summed E-state index contributed by atoms with van der Waals surface area (Å²) in [6, 6.07) is 16.9. The van der Waals surface area contributed by atoms with E-state index in [2.05, 4.69) is 76.1 Å². The molecule has 270 valence electrons. The van der Waals surface area contributed by atoms with Crippen molar-refractivity contribution in [1.29, 1.82) is 0 Å². The first-order chi connectivity index (χ1) is 24.6. The number of thioether (sulfide) groups is 1. The number of halogens is 1. The lowest BCUT2D eigenvalue weighted by Gasteiger charge is -2.35. The molecule has 4 aromatic rings. The fourth-order valence-corrected chi connectivity index (χ4v) is 8.44. The first kappa shape index (κ1) is 38.1. The number of amidine groups is 1. The number of para-hydroxylation sites is 1. The Labute approximate surface area is 308 Å². The number of aromatic nitrogens is 2. The number of hydrogen-bond donors (Lipinski definition) is 2. The number of hydrogen-bond acceptors (Lipinski definition) is 9. The van der Waals surface area contributed by atoms with Crippen LogP contribution in [0, 0.1) is 26.6 Å². The number of aliphatic imine (C=N–C) groups is 2. The van der Waals surface area contributed by atoms with Crippen molar-refractivity contribution < 1.29 is 14.0 Å². The molecule has 0 bridgehead atoms. The molecule has 1 fully saturated rings. The predicted octanol–water partition coefficient (Wildman–Crippen LogP) is 7.59. The van der Waals surface area contributed by atoms with Gasteiger partial charge in [0.15, 0.2) is 11.0 Å². The van der Waals surface area contributed by atoms with Gasteiger partial charge in [-0.2, -0.15) is 5.10 Å². The molecule has 9 nitrogen and oxygen atoms in total. The molecule has 51 heavy (non-hydrogen) atoms. The van der Waals surface area contributed by atoms with Gasteiger partial charge in [0.05, 0.1) is 17.0 Å². The highest BCUT2D eigenvalue weighted by Gasteiger charge is 2.41. The standard InChI is InChI=1S/C15H15FN4O.C12H16N2S.C12H17NOS/c1-9-13-14(10-6-4-5-7-11(10)16)17-8-12(21)19(2)15(13)20(3)18-9;1-9-5-3-6-10(2)11(9)14-12-13-7-4-8-15-12;1-2-13-12(11-7-5-9-15-11)8-4-3-6-10(12)14/h4-7H,8H2,1-3H3;3,5-6H,4,7-8H2,1-2H3,(H,13,14);5,7,9,13H,2-4,6,8H2,1H3. The second kappa shape index (κ2) is 17.4. The van der Waals surface area contributed by atoms with Crippen LogP contribution in [0.15, 0.2) is 70.0 Å². The van der Waals surface area contributed by atoms with E-state index in [4.69, 9.17) is 0 Å². The molecule has 1 atom stereocenters. The average Bonchev–Trinajstić information content (AvgIpc) is 3.74. The normalized spacial score (nSPS) is 18.7. The minimum absolute atomic E-state index is 0.00567. The molecule has 12 heteroatoms. The first-order valence-electron chi connectivity index (χ1n) is 17.5. The predicted molar refractivity (Wildman–Crippen MR) is 210 cm³/mol. The van der Waals surface area contributed by atoms with Crippen LogP contribution in [-0.4, -0.2) is 64.8 Å². The van der Waals surface area contributed by atoms with Crippen LogP contribution >= 0.6 is 23.1 Å². The molecule has 0 spiro atoms. The molecule has 2 aromatic carbocycles. The molecule has 1 amide bonds. The summed E-state index contributed by atoms with van der Waals surface area (Å²) < 4.78 is 15.8. The SMILES string of the molecule is CCNC1(c2cccs2)CCCCC1=O.Cc1cccc(C)c1NC1=NCCCS1.Cc1nn(C)c2c1C(c1ccccc1F)=NCC(=O)N2C. The third kappa shape index (κ3) is 8.68. The van der Waals surface area contributed by atoms with Crippen molar-refractivity contribution in [2.45, 2.75) is 65.3 Å². The van der Waals surface area contributed by atoms with E-state index in [1.165, 1.54) is 44.8 Å². The molecule has 4 heterocycles. The zero-order chi connectivity index (χ0) is 36.5. The van der Waals surface area contributed by atoms with E-state index < -0.39 is 0 Å². The van der Waals surface area contributed by atoms with Crippen LogP contribution in [0.5, 0.6) is 0 Å². The fraction of sp³-hybridized carbons (Fsp3) is 0.410. The van der Waals surface area contributed by atoms with Crippen LogP contribution in [0.25, 0.3) is 0 Å². The van der Waals surface area contributed by atoms with Gasteiger partial charge < -0.3 is 10.6 Å². The van der Waals surface area contributed by atoms with Crippen molar-refractivity contribution in [3.05, 3.63) is 98.6 Å². The maximum absolute atomic E-state index is 14.1. The number of aryl methyl sites for hydroxylation is 4. The van der Waals surface area contributed by atoms with Gasteiger partial charge in [-0.15, -0.1) is 11.3 Å². The van der Waals surface area contributed by atoms with Crippen LogP contribution in [0.4, 0.5) is 15.9 Å². The number of nitrogens with zero attached hydrogens (tertiary/aromatic N) is 5. The number of thiophene rings is 1. The van der Waals surface area contributed by atoms with E-state index in [0.29, 0.717) is 28.4 Å². The Hall–Kier alpha value is -4.13. The lowest BCUT2D eigenvalue weighted by atomic mass is 9.79. The summed E-state index contributed by atoms with van der Waals surface area (Å²) in [4.78, 5) is 35.8. The van der Waals surface area contributed by atoms with E-state index in [1.807, 2.05) is 24.8 Å². The lowest BCUT2D eigenvalue weighted by Crippen LogP contribution is -2.50. The van der Waals surface area contributed by atoms with E-state index in [-0.39, 0.29) is 23.8 Å². The van der Waals surface area contributed by atoms with Gasteiger partial charge in [0, 0.05) is 48.9 Å². The highest BCUT2D eigenvalue weighted by molar-refractivity contribution is 8.14. The minimum Gasteiger partial charge on any atom is -0.335 e. The number of amides is 1. The van der Waals surface area contributed by atoms with Crippen molar-refractivity contribution >= 4 is 57.2 Å². The molecule has 2 N–H and O–H groups in total. The third-order valence-electron chi connectivity index (χ3n) is 9.23. The number of nitrogens with one attached hydrogen (secondary N) is 2. The summed E-state index contributed by atoms with van der Waals surface area (Å²) in [7, 11) is 3.45. The molecule has 2 aliphatic heterocycles. The summed E-state index contributed by atoms with van der Waals surface area (Å²) in [6.07, 6.45) is 5.09. The summed E-state index contributed by atoms with van der Waals surface area (Å²) >= 11 is 3.50. The molecular formula is C39H48FN7O2S2. The van der Waals surface area contributed by atoms with E-state index in [9.17, 15) is 14.0 Å². The van der Waals surface area contributed by atoms with E-state index in [0.717, 1.165) is 49.6 Å². The Morgan fingerprint density at radius 2 is 1.71 bits per heavy atom. The smallest absolute Gasteiger partial charge is 0.249 e. The largest absolute Gasteiger partial charge is 0.335 e. The van der Waals surface area contributed by atoms with Gasteiger partial charge in [-0.3, -0.25) is 29.2 Å². The molecule has 0 radical (unpaired) electrons. The van der Waals surface area contributed by atoms with Crippen LogP contribution in [0.1, 0.15) is 71.9 Å². The van der Waals surface area contributed by atoms with Crippen LogP contribution in [0.3, 0.4) is 0 Å². The maximum atomic E-state index is 14.1. The zero-order valence-corrected chi connectivity index (χ0v) is 32.0. The van der Waals surface area contributed by atoms with Gasteiger partial charge in [-0.05, 0) is 81.3 Å². The zero-order valence-electron chi connectivity index (χ0n) is 30.4. The van der Waals surface area contributed by atoms with Crippen LogP contribution < -0.4 is 15.5 Å². The number of benzene rings is 2. The summed E-state index contributed by atoms with van der Waals surface area (Å²) in [6.45, 7) is 9.96. The quantitative estimate of drug-likeness (QED) is 0.220. The van der Waals surface area contributed by atoms with Crippen LogP contribution in [0.2, 0.25) is 0 Å². The number of carbonyl (C=O) groups is 2. The lowest BCUT2D eigenvalue weighted by molar-refractivity contribution is -0.127. The summed E-state index contributed by atoms with van der Waals surface area (Å²) in [5.41, 5.74) is 5.70. The van der Waals surface area contributed by atoms with Crippen molar-refractivity contribution in [2.75, 3.05) is 42.7 Å². The number of rotatable bonds is 5. The van der Waals surface area contributed by atoms with Crippen molar-refractivity contribution in [2.24, 2.45) is 17.0 Å². The van der Waals surface area contributed by atoms with Crippen LogP contribution in [-0.2, 0) is 22.2 Å². The number of Topliss-reactive ketones (excluding diaryl/α,β-unsaturated/α-hetero) is 1. The Morgan fingerprint density at radius 3 is 2.35 bits per heavy atom. The summed E-state index contributed by atoms with van der Waals surface area (Å²) in [5.74, 6) is 1.68. The van der Waals surface area contributed by atoms with Crippen molar-refractivity contribution in [1.82, 2.24) is 15.1 Å². The number of anilines is 2. The van der Waals surface area contributed by atoms with E-state index in [1.54, 1.807) is 48.3 Å². The van der Waals surface area contributed by atoms with Gasteiger partial charge in [-0.25, -0.2) is 4.39 Å². The topological polar surface area (TPSA) is 104 Å². The highest BCUT2D eigenvalue weighted by atomic mass is 32.2. The second-order valence-electron chi connectivity index (χ2n) is 12.8. The van der Waals surface area contributed by atoms with Gasteiger partial charge in [0.1, 0.15) is 23.7 Å². The highest BCUT2D eigenvalue weighted by Crippen LogP contribution is 2.37. The Balaban J connectivity index is 0.000000152. The van der Waals surface area contributed by atoms with Gasteiger partial charge >= 0.3 is 0 Å². The Bertz CT molecular complexity index is 1880. The Morgan fingerprint density at radius 1 is 0.941 bits per heavy atom. The van der Waals surface area contributed by atoms with Gasteiger partial charge in [-0.1, -0.05) is 61.5 Å². The maximum Gasteiger partial charge on any atom is 0.249 e. The monoisotopic (exact) mass is 729 g/mol. The first-order valence-corrected chi connectivity index (χ1v) is 19.4. The average molecular weight is 730 g/mol. The number of fused-ring (bicyclic) bond motifs is 1. The molecule has 1 aliphatic carbocycles. The van der Waals surface area contributed by atoms with Crippen molar-refractivity contribution in [3.63, 3.8) is 0 Å². The molecule has 3 aliphatic rings. The van der Waals surface area contributed by atoms with Gasteiger partial charge in [0.2, 0.25) is 5.91 Å². The number of carbonyl (C=O) groups excluding carboxylic acids is 2. The van der Waals surface area contributed by atoms with Crippen molar-refractivity contribution in [3.8, 4) is 0 Å². The molecule has 1 unspecified atom stereocenters. The van der Waals surface area contributed by atoms with E-state index >= 15 is 0 Å².